The molecule has 5 nitrogen and oxygen atoms in total. The molecule has 0 aliphatic rings. The fraction of sp³-hybridized carbons (Fsp3) is 0.235. The van der Waals surface area contributed by atoms with E-state index in [0.717, 1.165) is 12.0 Å². The van der Waals surface area contributed by atoms with Crippen LogP contribution >= 0.6 is 0 Å². The lowest BCUT2D eigenvalue weighted by molar-refractivity contribution is 0.0951. The van der Waals surface area contributed by atoms with E-state index in [4.69, 9.17) is 0 Å². The maximum atomic E-state index is 12.1. The summed E-state index contributed by atoms with van der Waals surface area (Å²) in [5.41, 5.74) is 1.43. The van der Waals surface area contributed by atoms with Crippen LogP contribution in [0.15, 0.2) is 59.5 Å². The SMILES string of the molecule is CCCNS(=O)(=O)c1ccc(C(=O)NCc2ccccc2)cc1. The van der Waals surface area contributed by atoms with E-state index < -0.39 is 10.0 Å². The van der Waals surface area contributed by atoms with Gasteiger partial charge in [0.15, 0.2) is 0 Å². The highest BCUT2D eigenvalue weighted by molar-refractivity contribution is 7.89. The molecular weight excluding hydrogens is 312 g/mol. The van der Waals surface area contributed by atoms with E-state index >= 15 is 0 Å². The summed E-state index contributed by atoms with van der Waals surface area (Å²) in [4.78, 5) is 12.2. The number of hydrogen-bond donors (Lipinski definition) is 2. The minimum absolute atomic E-state index is 0.158. The summed E-state index contributed by atoms with van der Waals surface area (Å²) < 4.78 is 26.4. The number of sulfonamides is 1. The van der Waals surface area contributed by atoms with E-state index in [1.807, 2.05) is 37.3 Å². The van der Waals surface area contributed by atoms with Crippen LogP contribution in [-0.4, -0.2) is 20.9 Å². The number of nitrogens with one attached hydrogen (secondary N) is 2. The smallest absolute Gasteiger partial charge is 0.251 e. The third kappa shape index (κ3) is 4.91. The van der Waals surface area contributed by atoms with E-state index in [-0.39, 0.29) is 10.8 Å². The van der Waals surface area contributed by atoms with Gasteiger partial charge in [-0.3, -0.25) is 4.79 Å². The molecule has 0 aromatic heterocycles. The average Bonchev–Trinajstić information content (AvgIpc) is 2.59. The fourth-order valence-electron chi connectivity index (χ4n) is 1.99. The van der Waals surface area contributed by atoms with E-state index in [0.29, 0.717) is 18.7 Å². The van der Waals surface area contributed by atoms with Crippen LogP contribution in [0.5, 0.6) is 0 Å². The van der Waals surface area contributed by atoms with Gasteiger partial charge in [-0.05, 0) is 36.2 Å². The molecule has 0 aliphatic carbocycles. The van der Waals surface area contributed by atoms with Crippen molar-refractivity contribution in [3.05, 3.63) is 65.7 Å². The largest absolute Gasteiger partial charge is 0.348 e. The lowest BCUT2D eigenvalue weighted by Crippen LogP contribution is -2.25. The zero-order valence-corrected chi connectivity index (χ0v) is 13.8. The van der Waals surface area contributed by atoms with Gasteiger partial charge in [-0.25, -0.2) is 13.1 Å². The first-order valence-electron chi connectivity index (χ1n) is 7.45. The van der Waals surface area contributed by atoms with Gasteiger partial charge in [-0.1, -0.05) is 37.3 Å². The molecule has 0 spiro atoms. The van der Waals surface area contributed by atoms with Crippen molar-refractivity contribution in [2.24, 2.45) is 0 Å². The second-order valence-corrected chi connectivity index (χ2v) is 6.86. The van der Waals surface area contributed by atoms with Crippen LogP contribution in [0.1, 0.15) is 29.3 Å². The summed E-state index contributed by atoms with van der Waals surface area (Å²) >= 11 is 0. The first kappa shape index (κ1) is 17.2. The lowest BCUT2D eigenvalue weighted by atomic mass is 10.2. The Balaban J connectivity index is 2.00. The summed E-state index contributed by atoms with van der Waals surface area (Å²) in [6, 6.07) is 15.5. The Kier molecular flexibility index (Phi) is 5.90. The van der Waals surface area contributed by atoms with Crippen molar-refractivity contribution in [3.8, 4) is 0 Å². The van der Waals surface area contributed by atoms with Crippen LogP contribution in [-0.2, 0) is 16.6 Å². The zero-order valence-electron chi connectivity index (χ0n) is 13.0. The minimum atomic E-state index is -3.50. The Morgan fingerprint density at radius 2 is 1.65 bits per heavy atom. The van der Waals surface area contributed by atoms with Crippen LogP contribution in [0.25, 0.3) is 0 Å². The monoisotopic (exact) mass is 332 g/mol. The molecule has 0 fully saturated rings. The van der Waals surface area contributed by atoms with Gasteiger partial charge in [0.25, 0.3) is 5.91 Å². The van der Waals surface area contributed by atoms with E-state index in [1.54, 1.807) is 0 Å². The Morgan fingerprint density at radius 1 is 1.00 bits per heavy atom. The Hall–Kier alpha value is -2.18. The average molecular weight is 332 g/mol. The quantitative estimate of drug-likeness (QED) is 0.817. The molecule has 6 heteroatoms. The summed E-state index contributed by atoms with van der Waals surface area (Å²) in [5, 5.41) is 2.80. The summed E-state index contributed by atoms with van der Waals surface area (Å²) in [7, 11) is -3.50. The van der Waals surface area contributed by atoms with Gasteiger partial charge in [0.2, 0.25) is 10.0 Å². The molecule has 0 bridgehead atoms. The third-order valence-electron chi connectivity index (χ3n) is 3.26. The molecule has 0 unspecified atom stereocenters. The predicted octanol–water partition coefficient (Wildman–Crippen LogP) is 2.30. The number of rotatable bonds is 7. The topological polar surface area (TPSA) is 75.3 Å². The highest BCUT2D eigenvalue weighted by atomic mass is 32.2. The molecule has 0 heterocycles. The van der Waals surface area contributed by atoms with Gasteiger partial charge in [0, 0.05) is 18.7 Å². The van der Waals surface area contributed by atoms with Crippen LogP contribution < -0.4 is 10.0 Å². The number of amides is 1. The van der Waals surface area contributed by atoms with Gasteiger partial charge in [0.05, 0.1) is 4.90 Å². The molecule has 0 atom stereocenters. The van der Waals surface area contributed by atoms with Gasteiger partial charge in [0.1, 0.15) is 0 Å². The zero-order chi connectivity index (χ0) is 16.7. The number of hydrogen-bond acceptors (Lipinski definition) is 3. The predicted molar refractivity (Wildman–Crippen MR) is 89.5 cm³/mol. The summed E-state index contributed by atoms with van der Waals surface area (Å²) in [5.74, 6) is -0.237. The molecule has 2 rings (SSSR count). The van der Waals surface area contributed by atoms with Crippen molar-refractivity contribution in [3.63, 3.8) is 0 Å². The molecule has 0 aliphatic heterocycles. The molecule has 122 valence electrons. The standard InChI is InChI=1S/C17H20N2O3S/c1-2-12-19-23(21,22)16-10-8-15(9-11-16)17(20)18-13-14-6-4-3-5-7-14/h3-11,19H,2,12-13H2,1H3,(H,18,20). The van der Waals surface area contributed by atoms with Gasteiger partial charge >= 0.3 is 0 Å². The van der Waals surface area contributed by atoms with E-state index in [9.17, 15) is 13.2 Å². The van der Waals surface area contributed by atoms with Crippen molar-refractivity contribution in [1.82, 2.24) is 10.0 Å². The highest BCUT2D eigenvalue weighted by Crippen LogP contribution is 2.11. The molecule has 2 aromatic rings. The van der Waals surface area contributed by atoms with Crippen molar-refractivity contribution in [2.45, 2.75) is 24.8 Å². The molecular formula is C17H20N2O3S. The normalized spacial score (nSPS) is 11.2. The summed E-state index contributed by atoms with van der Waals surface area (Å²) in [6.45, 7) is 2.71. The summed E-state index contributed by atoms with van der Waals surface area (Å²) in [6.07, 6.45) is 0.721. The van der Waals surface area contributed by atoms with Crippen LogP contribution in [0, 0.1) is 0 Å². The van der Waals surface area contributed by atoms with Crippen molar-refractivity contribution in [1.29, 1.82) is 0 Å². The molecule has 2 aromatic carbocycles. The molecule has 2 N–H and O–H groups in total. The van der Waals surface area contributed by atoms with Crippen molar-refractivity contribution in [2.75, 3.05) is 6.54 Å². The van der Waals surface area contributed by atoms with E-state index in [2.05, 4.69) is 10.0 Å². The van der Waals surface area contributed by atoms with Gasteiger partial charge < -0.3 is 5.32 Å². The first-order valence-corrected chi connectivity index (χ1v) is 8.93. The highest BCUT2D eigenvalue weighted by Gasteiger charge is 2.14. The minimum Gasteiger partial charge on any atom is -0.348 e. The Labute approximate surface area is 136 Å². The second-order valence-electron chi connectivity index (χ2n) is 5.09. The van der Waals surface area contributed by atoms with Gasteiger partial charge in [-0.2, -0.15) is 0 Å². The fourth-order valence-corrected chi connectivity index (χ4v) is 3.12. The van der Waals surface area contributed by atoms with Crippen LogP contribution in [0.2, 0.25) is 0 Å². The number of carbonyl (C=O) groups is 1. The second kappa shape index (κ2) is 7.89. The molecule has 1 amide bonds. The first-order chi connectivity index (χ1) is 11.0. The number of carbonyl (C=O) groups excluding carboxylic acids is 1. The molecule has 0 radical (unpaired) electrons. The Bertz CT molecular complexity index is 741. The van der Waals surface area contributed by atoms with Gasteiger partial charge in [-0.15, -0.1) is 0 Å². The van der Waals surface area contributed by atoms with Crippen molar-refractivity contribution < 1.29 is 13.2 Å². The maximum absolute atomic E-state index is 12.1. The van der Waals surface area contributed by atoms with Crippen LogP contribution in [0.3, 0.4) is 0 Å². The maximum Gasteiger partial charge on any atom is 0.251 e. The Morgan fingerprint density at radius 3 is 2.26 bits per heavy atom. The van der Waals surface area contributed by atoms with Crippen LogP contribution in [0.4, 0.5) is 0 Å². The molecule has 0 saturated carbocycles. The molecule has 0 saturated heterocycles. The van der Waals surface area contributed by atoms with Crippen molar-refractivity contribution >= 4 is 15.9 Å². The lowest BCUT2D eigenvalue weighted by Gasteiger charge is -2.08. The third-order valence-corrected chi connectivity index (χ3v) is 4.74. The number of benzene rings is 2. The molecule has 23 heavy (non-hydrogen) atoms. The van der Waals surface area contributed by atoms with E-state index in [1.165, 1.54) is 24.3 Å².